The number of amides is 1. The van der Waals surface area contributed by atoms with Crippen LogP contribution in [0.2, 0.25) is 0 Å². The molecule has 0 radical (unpaired) electrons. The lowest BCUT2D eigenvalue weighted by atomic mass is 10.1. The second kappa shape index (κ2) is 8.18. The molecular weight excluding hydrogens is 366 g/mol. The SMILES string of the molecule is Cc1ccc([N+](=O)[O-])c(OCC(=O)Nc2sc3c(c2C#N)CCCCC3)c1. The van der Waals surface area contributed by atoms with Crippen LogP contribution in [0.1, 0.15) is 40.8 Å². The number of hydrogen-bond donors (Lipinski definition) is 1. The fourth-order valence-electron chi connectivity index (χ4n) is 3.14. The zero-order chi connectivity index (χ0) is 19.4. The number of hydrogen-bond acceptors (Lipinski definition) is 6. The third-order valence-corrected chi connectivity index (χ3v) is 5.66. The van der Waals surface area contributed by atoms with E-state index in [1.165, 1.54) is 23.5 Å². The van der Waals surface area contributed by atoms with Crippen molar-refractivity contribution in [1.82, 2.24) is 0 Å². The van der Waals surface area contributed by atoms with Crippen molar-refractivity contribution in [2.24, 2.45) is 0 Å². The summed E-state index contributed by atoms with van der Waals surface area (Å²) in [4.78, 5) is 24.0. The predicted octanol–water partition coefficient (Wildman–Crippen LogP) is 4.12. The highest BCUT2D eigenvalue weighted by molar-refractivity contribution is 7.16. The van der Waals surface area contributed by atoms with E-state index >= 15 is 0 Å². The second-order valence-corrected chi connectivity index (χ2v) is 7.55. The fraction of sp³-hybridized carbons (Fsp3) is 0.368. The topological polar surface area (TPSA) is 105 Å². The van der Waals surface area contributed by atoms with Crippen LogP contribution >= 0.6 is 11.3 Å². The van der Waals surface area contributed by atoms with Gasteiger partial charge in [0.1, 0.15) is 11.1 Å². The van der Waals surface area contributed by atoms with E-state index in [9.17, 15) is 20.2 Å². The fourth-order valence-corrected chi connectivity index (χ4v) is 4.40. The number of carbonyl (C=O) groups excluding carboxylic acids is 1. The lowest BCUT2D eigenvalue weighted by Gasteiger charge is -2.08. The monoisotopic (exact) mass is 385 g/mol. The molecule has 7 nitrogen and oxygen atoms in total. The highest BCUT2D eigenvalue weighted by Gasteiger charge is 2.22. The maximum atomic E-state index is 12.3. The Morgan fingerprint density at radius 1 is 1.37 bits per heavy atom. The van der Waals surface area contributed by atoms with Gasteiger partial charge in [-0.25, -0.2) is 0 Å². The molecule has 8 heteroatoms. The molecule has 0 aliphatic heterocycles. The molecule has 3 rings (SSSR count). The van der Waals surface area contributed by atoms with Crippen LogP contribution in [0, 0.1) is 28.4 Å². The van der Waals surface area contributed by atoms with Gasteiger partial charge in [0.15, 0.2) is 12.4 Å². The zero-order valence-electron chi connectivity index (χ0n) is 14.9. The van der Waals surface area contributed by atoms with Gasteiger partial charge >= 0.3 is 5.69 Å². The van der Waals surface area contributed by atoms with Gasteiger partial charge in [0.05, 0.1) is 10.5 Å². The molecule has 1 amide bonds. The van der Waals surface area contributed by atoms with Crippen molar-refractivity contribution in [3.63, 3.8) is 0 Å². The summed E-state index contributed by atoms with van der Waals surface area (Å²) in [5, 5.41) is 23.9. The van der Waals surface area contributed by atoms with Gasteiger partial charge in [0.2, 0.25) is 0 Å². The summed E-state index contributed by atoms with van der Waals surface area (Å²) >= 11 is 1.44. The van der Waals surface area contributed by atoms with Crippen LogP contribution in [0.3, 0.4) is 0 Å². The number of nitro benzene ring substituents is 1. The Morgan fingerprint density at radius 2 is 2.15 bits per heavy atom. The van der Waals surface area contributed by atoms with Crippen molar-refractivity contribution in [2.45, 2.75) is 39.0 Å². The maximum absolute atomic E-state index is 12.3. The van der Waals surface area contributed by atoms with Crippen molar-refractivity contribution in [2.75, 3.05) is 11.9 Å². The van der Waals surface area contributed by atoms with Crippen molar-refractivity contribution < 1.29 is 14.5 Å². The first-order chi connectivity index (χ1) is 13.0. The number of nitriles is 1. The number of nitro groups is 1. The molecule has 1 N–H and O–H groups in total. The van der Waals surface area contributed by atoms with Crippen LogP contribution < -0.4 is 10.1 Å². The molecule has 1 aromatic heterocycles. The zero-order valence-corrected chi connectivity index (χ0v) is 15.7. The first-order valence-corrected chi connectivity index (χ1v) is 9.53. The Hall–Kier alpha value is -2.92. The minimum absolute atomic E-state index is 0.0534. The first kappa shape index (κ1) is 18.9. The summed E-state index contributed by atoms with van der Waals surface area (Å²) in [7, 11) is 0. The van der Waals surface area contributed by atoms with Gasteiger partial charge in [-0.15, -0.1) is 11.3 Å². The molecule has 0 atom stereocenters. The van der Waals surface area contributed by atoms with Gasteiger partial charge in [-0.1, -0.05) is 12.5 Å². The minimum Gasteiger partial charge on any atom is -0.477 e. The van der Waals surface area contributed by atoms with Gasteiger partial charge in [0, 0.05) is 10.9 Å². The Balaban J connectivity index is 1.72. The maximum Gasteiger partial charge on any atom is 0.310 e. The summed E-state index contributed by atoms with van der Waals surface area (Å²) in [6.45, 7) is 1.42. The highest BCUT2D eigenvalue weighted by atomic mass is 32.1. The van der Waals surface area contributed by atoms with Crippen LogP contribution in [0.15, 0.2) is 18.2 Å². The standard InChI is InChI=1S/C19H19N3O4S/c1-12-7-8-15(22(24)25)16(9-12)26-11-18(23)21-19-14(10-20)13-5-3-2-4-6-17(13)27-19/h7-9H,2-6,11H2,1H3,(H,21,23). The predicted molar refractivity (Wildman–Crippen MR) is 102 cm³/mol. The molecule has 1 aromatic carbocycles. The normalized spacial score (nSPS) is 13.2. The smallest absolute Gasteiger partial charge is 0.310 e. The Bertz CT molecular complexity index is 930. The molecule has 0 spiro atoms. The summed E-state index contributed by atoms with van der Waals surface area (Å²) in [6, 6.07) is 6.70. The van der Waals surface area contributed by atoms with E-state index in [1.54, 1.807) is 13.0 Å². The molecule has 1 aliphatic rings. The summed E-state index contributed by atoms with van der Waals surface area (Å²) in [5.74, 6) is -0.392. The van der Waals surface area contributed by atoms with E-state index in [-0.39, 0.29) is 18.0 Å². The molecule has 2 aromatic rings. The van der Waals surface area contributed by atoms with E-state index in [4.69, 9.17) is 4.74 Å². The molecule has 1 aliphatic carbocycles. The molecule has 27 heavy (non-hydrogen) atoms. The van der Waals surface area contributed by atoms with Crippen LogP contribution in [-0.2, 0) is 17.6 Å². The number of rotatable bonds is 5. The average molecular weight is 385 g/mol. The third-order valence-electron chi connectivity index (χ3n) is 4.46. The van der Waals surface area contributed by atoms with Crippen molar-refractivity contribution in [3.8, 4) is 11.8 Å². The number of nitrogens with zero attached hydrogens (tertiary/aromatic N) is 2. The number of carbonyl (C=O) groups is 1. The molecule has 0 bridgehead atoms. The quantitative estimate of drug-likeness (QED) is 0.473. The van der Waals surface area contributed by atoms with E-state index in [0.29, 0.717) is 10.6 Å². The lowest BCUT2D eigenvalue weighted by molar-refractivity contribution is -0.385. The van der Waals surface area contributed by atoms with E-state index < -0.39 is 10.8 Å². The molecule has 0 saturated heterocycles. The largest absolute Gasteiger partial charge is 0.477 e. The van der Waals surface area contributed by atoms with E-state index in [2.05, 4.69) is 11.4 Å². The minimum atomic E-state index is -0.545. The van der Waals surface area contributed by atoms with Gasteiger partial charge in [-0.2, -0.15) is 5.26 Å². The van der Waals surface area contributed by atoms with Gasteiger partial charge in [-0.3, -0.25) is 14.9 Å². The van der Waals surface area contributed by atoms with Crippen LogP contribution in [0.25, 0.3) is 0 Å². The lowest BCUT2D eigenvalue weighted by Crippen LogP contribution is -2.20. The highest BCUT2D eigenvalue weighted by Crippen LogP contribution is 2.37. The Kier molecular flexibility index (Phi) is 5.72. The van der Waals surface area contributed by atoms with Crippen molar-refractivity contribution in [1.29, 1.82) is 5.26 Å². The number of ether oxygens (including phenoxy) is 1. The van der Waals surface area contributed by atoms with Gasteiger partial charge < -0.3 is 10.1 Å². The third kappa shape index (κ3) is 4.26. The second-order valence-electron chi connectivity index (χ2n) is 6.45. The molecule has 0 unspecified atom stereocenters. The van der Waals surface area contributed by atoms with Crippen LogP contribution in [0.4, 0.5) is 10.7 Å². The molecular formula is C19H19N3O4S. The molecule has 140 valence electrons. The van der Waals surface area contributed by atoms with Crippen LogP contribution in [-0.4, -0.2) is 17.4 Å². The summed E-state index contributed by atoms with van der Waals surface area (Å²) < 4.78 is 5.38. The summed E-state index contributed by atoms with van der Waals surface area (Å²) in [6.07, 6.45) is 5.07. The first-order valence-electron chi connectivity index (χ1n) is 8.72. The molecule has 1 heterocycles. The van der Waals surface area contributed by atoms with Crippen LogP contribution in [0.5, 0.6) is 5.75 Å². The number of fused-ring (bicyclic) bond motifs is 1. The number of anilines is 1. The van der Waals surface area contributed by atoms with Crippen molar-refractivity contribution in [3.05, 3.63) is 49.9 Å². The number of nitrogens with one attached hydrogen (secondary N) is 1. The Labute approximate surface area is 160 Å². The number of aryl methyl sites for hydroxylation is 2. The Morgan fingerprint density at radius 3 is 2.89 bits per heavy atom. The molecule has 0 saturated carbocycles. The number of thiophene rings is 1. The number of benzene rings is 1. The van der Waals surface area contributed by atoms with E-state index in [1.807, 2.05) is 0 Å². The van der Waals surface area contributed by atoms with Crippen molar-refractivity contribution >= 4 is 27.9 Å². The van der Waals surface area contributed by atoms with Gasteiger partial charge in [0.25, 0.3) is 5.91 Å². The van der Waals surface area contributed by atoms with E-state index in [0.717, 1.165) is 48.1 Å². The van der Waals surface area contributed by atoms with Gasteiger partial charge in [-0.05, 0) is 49.8 Å². The summed E-state index contributed by atoms with van der Waals surface area (Å²) in [5.41, 5.74) is 2.19. The average Bonchev–Trinajstić information content (AvgIpc) is 2.79. The molecule has 0 fully saturated rings.